The van der Waals surface area contributed by atoms with Crippen molar-refractivity contribution in [1.82, 2.24) is 9.78 Å². The second-order valence-electron chi connectivity index (χ2n) is 4.92. The Morgan fingerprint density at radius 3 is 2.52 bits per heavy atom. The van der Waals surface area contributed by atoms with E-state index in [0.717, 1.165) is 11.4 Å². The molecular formula is C14H16N4O2S. The smallest absolute Gasteiger partial charge is 0.287 e. The first-order valence-electron chi connectivity index (χ1n) is 6.69. The lowest BCUT2D eigenvalue weighted by molar-refractivity contribution is 0.596. The number of para-hydroxylation sites is 1. The fraction of sp³-hybridized carbons (Fsp3) is 0.286. The summed E-state index contributed by atoms with van der Waals surface area (Å²) >= 11 is 0. The molecule has 0 saturated heterocycles. The number of rotatable bonds is 1. The van der Waals surface area contributed by atoms with Crippen LogP contribution in [0.1, 0.15) is 18.3 Å². The van der Waals surface area contributed by atoms with Gasteiger partial charge in [-0.1, -0.05) is 12.1 Å². The van der Waals surface area contributed by atoms with Gasteiger partial charge in [0.2, 0.25) is 5.96 Å². The minimum atomic E-state index is -3.70. The van der Waals surface area contributed by atoms with E-state index in [0.29, 0.717) is 18.2 Å². The largest absolute Gasteiger partial charge is 0.309 e. The molecule has 110 valence electrons. The molecule has 1 aliphatic heterocycles. The van der Waals surface area contributed by atoms with Crippen molar-refractivity contribution in [3.63, 3.8) is 0 Å². The molecule has 0 unspecified atom stereocenters. The molecule has 0 bridgehead atoms. The molecule has 0 saturated carbocycles. The third-order valence-corrected chi connectivity index (χ3v) is 4.70. The molecular weight excluding hydrogens is 288 g/mol. The Hall–Kier alpha value is -2.15. The molecule has 7 heteroatoms. The molecule has 6 nitrogen and oxygen atoms in total. The summed E-state index contributed by atoms with van der Waals surface area (Å²) in [4.78, 5) is 2.09. The van der Waals surface area contributed by atoms with Gasteiger partial charge < -0.3 is 4.90 Å². The van der Waals surface area contributed by atoms with E-state index in [1.54, 1.807) is 22.9 Å². The van der Waals surface area contributed by atoms with Gasteiger partial charge in [-0.15, -0.1) is 4.40 Å². The molecule has 0 fully saturated rings. The van der Waals surface area contributed by atoms with Crippen LogP contribution in [0.3, 0.4) is 0 Å². The summed E-state index contributed by atoms with van der Waals surface area (Å²) < 4.78 is 30.3. The van der Waals surface area contributed by atoms with Gasteiger partial charge in [0, 0.05) is 12.2 Å². The minimum Gasteiger partial charge on any atom is -0.309 e. The third-order valence-electron chi connectivity index (χ3n) is 3.39. The van der Waals surface area contributed by atoms with Crippen LogP contribution in [0.25, 0.3) is 0 Å². The predicted octanol–water partition coefficient (Wildman–Crippen LogP) is 1.93. The summed E-state index contributed by atoms with van der Waals surface area (Å²) in [5.41, 5.74) is 2.30. The Kier molecular flexibility index (Phi) is 3.09. The highest BCUT2D eigenvalue weighted by Gasteiger charge is 2.31. The molecule has 3 rings (SSSR count). The number of benzene rings is 1. The molecule has 0 aliphatic carbocycles. The van der Waals surface area contributed by atoms with E-state index >= 15 is 0 Å². The van der Waals surface area contributed by atoms with E-state index in [9.17, 15) is 8.42 Å². The Morgan fingerprint density at radius 1 is 1.19 bits per heavy atom. The molecule has 21 heavy (non-hydrogen) atoms. The van der Waals surface area contributed by atoms with Crippen molar-refractivity contribution in [2.24, 2.45) is 4.40 Å². The highest BCUT2D eigenvalue weighted by atomic mass is 32.2. The van der Waals surface area contributed by atoms with Crippen molar-refractivity contribution < 1.29 is 8.42 Å². The van der Waals surface area contributed by atoms with Gasteiger partial charge in [0.15, 0.2) is 0 Å². The van der Waals surface area contributed by atoms with E-state index in [2.05, 4.69) is 9.50 Å². The summed E-state index contributed by atoms with van der Waals surface area (Å²) in [6, 6.07) is 8.78. The van der Waals surface area contributed by atoms with Crippen molar-refractivity contribution in [1.29, 1.82) is 0 Å². The minimum absolute atomic E-state index is 0.233. The SMILES string of the molecule is CCN1C(n2nc(C)cc2C)=NS(=O)(=O)c2ccccc21. The fourth-order valence-electron chi connectivity index (χ4n) is 2.51. The summed E-state index contributed by atoms with van der Waals surface area (Å²) in [5.74, 6) is 0.321. The van der Waals surface area contributed by atoms with Gasteiger partial charge in [-0.05, 0) is 39.0 Å². The maximum absolute atomic E-state index is 12.4. The summed E-state index contributed by atoms with van der Waals surface area (Å²) in [6.07, 6.45) is 0. The molecule has 1 aromatic heterocycles. The van der Waals surface area contributed by atoms with E-state index < -0.39 is 10.0 Å². The van der Waals surface area contributed by atoms with Crippen LogP contribution in [0.5, 0.6) is 0 Å². The monoisotopic (exact) mass is 304 g/mol. The highest BCUT2D eigenvalue weighted by molar-refractivity contribution is 7.90. The van der Waals surface area contributed by atoms with Crippen LogP contribution in [0.2, 0.25) is 0 Å². The Bertz CT molecular complexity index is 836. The second kappa shape index (κ2) is 4.70. The van der Waals surface area contributed by atoms with Crippen molar-refractivity contribution in [2.75, 3.05) is 11.4 Å². The van der Waals surface area contributed by atoms with E-state index in [1.165, 1.54) is 0 Å². The maximum atomic E-state index is 12.4. The zero-order valence-corrected chi connectivity index (χ0v) is 12.9. The summed E-state index contributed by atoms with van der Waals surface area (Å²) in [5, 5.41) is 4.35. The highest BCUT2D eigenvalue weighted by Crippen LogP contribution is 2.31. The van der Waals surface area contributed by atoms with Crippen molar-refractivity contribution in [3.05, 3.63) is 41.7 Å². The van der Waals surface area contributed by atoms with Crippen LogP contribution in [0.4, 0.5) is 5.69 Å². The first-order chi connectivity index (χ1) is 9.94. The standard InChI is InChI=1S/C14H16N4O2S/c1-4-17-12-7-5-6-8-13(12)21(19,20)16-14(17)18-11(3)9-10(2)15-18/h5-9H,4H2,1-3H3. The Labute approximate surface area is 123 Å². The molecule has 2 aromatic rings. The van der Waals surface area contributed by atoms with Crippen LogP contribution < -0.4 is 4.90 Å². The number of nitrogens with zero attached hydrogens (tertiary/aromatic N) is 4. The van der Waals surface area contributed by atoms with Gasteiger partial charge in [0.1, 0.15) is 4.90 Å². The average molecular weight is 304 g/mol. The third kappa shape index (κ3) is 2.13. The number of aromatic nitrogens is 2. The normalized spacial score (nSPS) is 16.5. The topological polar surface area (TPSA) is 67.6 Å². The first kappa shape index (κ1) is 13.8. The Balaban J connectivity index is 2.27. The van der Waals surface area contributed by atoms with Crippen LogP contribution in [-0.2, 0) is 10.0 Å². The van der Waals surface area contributed by atoms with Crippen LogP contribution in [-0.4, -0.2) is 30.7 Å². The van der Waals surface area contributed by atoms with Crippen molar-refractivity contribution in [3.8, 4) is 0 Å². The number of aryl methyl sites for hydroxylation is 2. The molecule has 0 atom stereocenters. The number of hydrogen-bond donors (Lipinski definition) is 0. The summed E-state index contributed by atoms with van der Waals surface area (Å²) in [6.45, 7) is 6.30. The van der Waals surface area contributed by atoms with Gasteiger partial charge in [-0.25, -0.2) is 4.68 Å². The quantitative estimate of drug-likeness (QED) is 0.807. The molecule has 0 amide bonds. The molecule has 0 N–H and O–H groups in total. The number of hydrogen-bond acceptors (Lipinski definition) is 4. The number of anilines is 1. The summed E-state index contributed by atoms with van der Waals surface area (Å²) in [7, 11) is -3.70. The molecule has 0 radical (unpaired) electrons. The average Bonchev–Trinajstić information content (AvgIpc) is 2.77. The molecule has 1 aliphatic rings. The lowest BCUT2D eigenvalue weighted by atomic mass is 10.3. The van der Waals surface area contributed by atoms with E-state index in [1.807, 2.05) is 37.8 Å². The lowest BCUT2D eigenvalue weighted by Crippen LogP contribution is -2.41. The van der Waals surface area contributed by atoms with E-state index in [-0.39, 0.29) is 4.90 Å². The van der Waals surface area contributed by atoms with Gasteiger partial charge in [-0.3, -0.25) is 0 Å². The second-order valence-corrected chi connectivity index (χ2v) is 6.49. The van der Waals surface area contributed by atoms with E-state index in [4.69, 9.17) is 0 Å². The van der Waals surface area contributed by atoms with Gasteiger partial charge in [0.25, 0.3) is 10.0 Å². The maximum Gasteiger partial charge on any atom is 0.287 e. The fourth-order valence-corrected chi connectivity index (χ4v) is 3.69. The van der Waals surface area contributed by atoms with Gasteiger partial charge >= 0.3 is 0 Å². The number of fused-ring (bicyclic) bond motifs is 1. The van der Waals surface area contributed by atoms with Crippen LogP contribution in [0, 0.1) is 13.8 Å². The van der Waals surface area contributed by atoms with Gasteiger partial charge in [-0.2, -0.15) is 13.5 Å². The number of sulfonamides is 1. The molecule has 1 aromatic carbocycles. The predicted molar refractivity (Wildman–Crippen MR) is 81.2 cm³/mol. The zero-order valence-electron chi connectivity index (χ0n) is 12.1. The van der Waals surface area contributed by atoms with Crippen molar-refractivity contribution >= 4 is 21.7 Å². The molecule has 0 spiro atoms. The van der Waals surface area contributed by atoms with Crippen LogP contribution in [0.15, 0.2) is 39.6 Å². The van der Waals surface area contributed by atoms with Gasteiger partial charge in [0.05, 0.1) is 11.4 Å². The Morgan fingerprint density at radius 2 is 1.90 bits per heavy atom. The first-order valence-corrected chi connectivity index (χ1v) is 8.13. The molecule has 2 heterocycles. The van der Waals surface area contributed by atoms with Crippen molar-refractivity contribution in [2.45, 2.75) is 25.7 Å². The lowest BCUT2D eigenvalue weighted by Gasteiger charge is -2.29. The zero-order chi connectivity index (χ0) is 15.2. The van der Waals surface area contributed by atoms with Crippen LogP contribution >= 0.6 is 0 Å².